The zero-order valence-electron chi connectivity index (χ0n) is 20.6. The Morgan fingerprint density at radius 1 is 0.467 bits per heavy atom. The fourth-order valence-electron chi connectivity index (χ4n) is 7.71. The van der Waals surface area contributed by atoms with Crippen molar-refractivity contribution in [1.82, 2.24) is 9.80 Å². The zero-order chi connectivity index (χ0) is 21.1. The summed E-state index contributed by atoms with van der Waals surface area (Å²) in [5.74, 6) is 3.76. The van der Waals surface area contributed by atoms with E-state index >= 15 is 0 Å². The second-order valence-electron chi connectivity index (χ2n) is 12.0. The van der Waals surface area contributed by atoms with Crippen LogP contribution in [-0.4, -0.2) is 67.0 Å². The van der Waals surface area contributed by atoms with Gasteiger partial charge in [-0.25, -0.2) is 0 Å². The highest BCUT2D eigenvalue weighted by molar-refractivity contribution is 4.91. The third kappa shape index (κ3) is 5.62. The van der Waals surface area contributed by atoms with Crippen LogP contribution in [0.5, 0.6) is 0 Å². The van der Waals surface area contributed by atoms with E-state index in [0.717, 1.165) is 35.8 Å². The summed E-state index contributed by atoms with van der Waals surface area (Å²) in [5, 5.41) is 0. The molecule has 4 fully saturated rings. The van der Waals surface area contributed by atoms with E-state index in [0.29, 0.717) is 12.2 Å². The van der Waals surface area contributed by atoms with E-state index in [1.165, 1.54) is 96.3 Å². The van der Waals surface area contributed by atoms with Crippen LogP contribution in [0.15, 0.2) is 0 Å². The summed E-state index contributed by atoms with van der Waals surface area (Å²) >= 11 is 0. The summed E-state index contributed by atoms with van der Waals surface area (Å²) in [7, 11) is 9.11. The van der Waals surface area contributed by atoms with Gasteiger partial charge in [-0.2, -0.15) is 0 Å². The van der Waals surface area contributed by atoms with Gasteiger partial charge in [-0.1, -0.05) is 19.3 Å². The van der Waals surface area contributed by atoms with Gasteiger partial charge in [0.05, 0.1) is 0 Å². The molecule has 1 saturated heterocycles. The lowest BCUT2D eigenvalue weighted by Gasteiger charge is -2.45. The minimum atomic E-state index is 0.686. The summed E-state index contributed by atoms with van der Waals surface area (Å²) in [6.45, 7) is 0. The molecule has 0 aromatic heterocycles. The summed E-state index contributed by atoms with van der Waals surface area (Å²) < 4.78 is 5.67. The van der Waals surface area contributed by atoms with Gasteiger partial charge < -0.3 is 14.5 Å². The third-order valence-electron chi connectivity index (χ3n) is 9.82. The van der Waals surface area contributed by atoms with Crippen LogP contribution in [-0.2, 0) is 0 Å². The molecule has 30 heavy (non-hydrogen) atoms. The minimum Gasteiger partial charge on any atom is -0.429 e. The maximum Gasteiger partial charge on any atom is 0.158 e. The molecule has 174 valence electrons. The van der Waals surface area contributed by atoms with E-state index in [1.54, 1.807) is 0 Å². The van der Waals surface area contributed by atoms with Crippen molar-refractivity contribution in [3.05, 3.63) is 0 Å². The van der Waals surface area contributed by atoms with Crippen LogP contribution in [0.25, 0.3) is 0 Å². The van der Waals surface area contributed by atoms with Crippen LogP contribution in [0.4, 0.5) is 0 Å². The zero-order valence-corrected chi connectivity index (χ0v) is 20.6. The highest BCUT2D eigenvalue weighted by atomic mass is 16.5. The van der Waals surface area contributed by atoms with E-state index < -0.39 is 0 Å². The maximum absolute atomic E-state index is 5.67. The standard InChI is InChI=1S/C27H50N2O/c1-28(2)24-14-10-20(11-15-24)23-18-26(21-8-6-5-7-9-21)30-27(19-23)22-12-16-25(17-13-22)29(3)4/h20-27H,5-19H2,1-4H3/p+1. The van der Waals surface area contributed by atoms with Gasteiger partial charge >= 0.3 is 0 Å². The van der Waals surface area contributed by atoms with Crippen molar-refractivity contribution in [2.24, 2.45) is 23.7 Å². The molecule has 3 saturated carbocycles. The van der Waals surface area contributed by atoms with Crippen molar-refractivity contribution in [2.45, 2.75) is 121 Å². The second-order valence-corrected chi connectivity index (χ2v) is 12.0. The lowest BCUT2D eigenvalue weighted by Crippen LogP contribution is -2.48. The molecular weight excluding hydrogens is 368 g/mol. The van der Waals surface area contributed by atoms with E-state index in [4.69, 9.17) is 4.74 Å². The van der Waals surface area contributed by atoms with Gasteiger partial charge in [-0.15, -0.1) is 0 Å². The van der Waals surface area contributed by atoms with Crippen molar-refractivity contribution < 1.29 is 4.74 Å². The van der Waals surface area contributed by atoms with Crippen LogP contribution in [0.2, 0.25) is 0 Å². The Hall–Kier alpha value is -0.120. The SMILES string of the molecule is CN(C)C1CCC(C2CC(C3CCCCC3)[OH+]C(C3CCC(N(C)C)CC3)C2)CC1. The average molecular weight is 420 g/mol. The summed E-state index contributed by atoms with van der Waals surface area (Å²) in [6, 6.07) is 1.65. The van der Waals surface area contributed by atoms with Crippen LogP contribution < -0.4 is 0 Å². The molecule has 1 heterocycles. The molecule has 0 spiro atoms. The highest BCUT2D eigenvalue weighted by Crippen LogP contribution is 2.45. The van der Waals surface area contributed by atoms with Gasteiger partial charge in [0.1, 0.15) is 0 Å². The molecule has 3 atom stereocenters. The molecule has 3 nitrogen and oxygen atoms in total. The molecule has 0 aromatic rings. The van der Waals surface area contributed by atoms with Crippen molar-refractivity contribution in [3.8, 4) is 0 Å². The molecule has 4 aliphatic rings. The maximum atomic E-state index is 5.67. The van der Waals surface area contributed by atoms with Crippen LogP contribution in [0, 0.1) is 23.7 Å². The fourth-order valence-corrected chi connectivity index (χ4v) is 7.71. The van der Waals surface area contributed by atoms with Gasteiger partial charge in [-0.05, 0) is 104 Å². The Morgan fingerprint density at radius 2 is 0.900 bits per heavy atom. The Balaban J connectivity index is 1.40. The van der Waals surface area contributed by atoms with Crippen molar-refractivity contribution >= 4 is 0 Å². The van der Waals surface area contributed by atoms with Gasteiger partial charge in [0.2, 0.25) is 0 Å². The predicted molar refractivity (Wildman–Crippen MR) is 128 cm³/mol. The van der Waals surface area contributed by atoms with Gasteiger partial charge in [-0.3, -0.25) is 0 Å². The summed E-state index contributed by atoms with van der Waals surface area (Å²) in [6.07, 6.45) is 23.0. The van der Waals surface area contributed by atoms with Crippen molar-refractivity contribution in [3.63, 3.8) is 0 Å². The molecule has 0 aromatic carbocycles. The molecule has 0 bridgehead atoms. The summed E-state index contributed by atoms with van der Waals surface area (Å²) in [4.78, 5) is 4.94. The lowest BCUT2D eigenvalue weighted by atomic mass is 9.68. The number of hydrogen-bond donors (Lipinski definition) is 0. The number of nitrogens with zero attached hydrogens (tertiary/aromatic N) is 2. The molecule has 4 rings (SSSR count). The Kier molecular flexibility index (Phi) is 8.19. The number of rotatable bonds is 5. The quantitative estimate of drug-likeness (QED) is 0.549. The van der Waals surface area contributed by atoms with Gasteiger partial charge in [0, 0.05) is 36.8 Å². The molecule has 3 aliphatic carbocycles. The molecular formula is C27H51N2O+. The molecule has 1 aliphatic heterocycles. The Labute approximate surface area is 187 Å². The third-order valence-corrected chi connectivity index (χ3v) is 9.82. The predicted octanol–water partition coefficient (Wildman–Crippen LogP) is 5.48. The van der Waals surface area contributed by atoms with E-state index in [9.17, 15) is 0 Å². The van der Waals surface area contributed by atoms with Gasteiger partial charge in [0.25, 0.3) is 0 Å². The van der Waals surface area contributed by atoms with E-state index in [-0.39, 0.29) is 0 Å². The number of ether oxygens (including phenoxy) is 1. The van der Waals surface area contributed by atoms with E-state index in [2.05, 4.69) is 38.0 Å². The monoisotopic (exact) mass is 419 g/mol. The highest BCUT2D eigenvalue weighted by Gasteiger charge is 2.45. The number of aliphatic hydroxyl groups is 2. The molecule has 1 N–H and O–H groups in total. The normalized spacial score (nSPS) is 42.0. The smallest absolute Gasteiger partial charge is 0.158 e. The summed E-state index contributed by atoms with van der Waals surface area (Å²) in [5.41, 5.74) is 0. The largest absolute Gasteiger partial charge is 0.429 e. The number of hydrogen-bond acceptors (Lipinski definition) is 2. The van der Waals surface area contributed by atoms with Crippen LogP contribution in [0.3, 0.4) is 0 Å². The first kappa shape index (κ1) is 23.1. The average Bonchev–Trinajstić information content (AvgIpc) is 2.79. The first-order valence-corrected chi connectivity index (χ1v) is 13.5. The Bertz CT molecular complexity index is 463. The van der Waals surface area contributed by atoms with Crippen LogP contribution >= 0.6 is 0 Å². The van der Waals surface area contributed by atoms with E-state index in [1.807, 2.05) is 0 Å². The van der Waals surface area contributed by atoms with Crippen molar-refractivity contribution in [2.75, 3.05) is 28.2 Å². The molecule has 3 heteroatoms. The molecule has 0 radical (unpaired) electrons. The first-order chi connectivity index (χ1) is 14.5. The molecule has 0 amide bonds. The first-order valence-electron chi connectivity index (χ1n) is 13.5. The van der Waals surface area contributed by atoms with Crippen molar-refractivity contribution in [1.29, 1.82) is 0 Å². The topological polar surface area (TPSA) is 19.3 Å². The minimum absolute atomic E-state index is 0.686. The second kappa shape index (κ2) is 10.7. The fraction of sp³-hybridized carbons (Fsp3) is 1.00. The van der Waals surface area contributed by atoms with Crippen LogP contribution in [0.1, 0.15) is 96.3 Å². The lowest BCUT2D eigenvalue weighted by molar-refractivity contribution is -0.247. The van der Waals surface area contributed by atoms with Gasteiger partial charge in [0.15, 0.2) is 12.2 Å². The Morgan fingerprint density at radius 3 is 1.37 bits per heavy atom. The molecule has 3 unspecified atom stereocenters.